The van der Waals surface area contributed by atoms with Crippen molar-refractivity contribution in [3.05, 3.63) is 52.2 Å². The molecule has 1 aromatic carbocycles. The minimum absolute atomic E-state index is 0.0755. The predicted octanol–water partition coefficient (Wildman–Crippen LogP) is 2.59. The Labute approximate surface area is 121 Å². The van der Waals surface area contributed by atoms with Gasteiger partial charge in [0.2, 0.25) is 5.88 Å². The third-order valence-corrected chi connectivity index (χ3v) is 2.77. The van der Waals surface area contributed by atoms with Gasteiger partial charge in [-0.2, -0.15) is 0 Å². The second-order valence-corrected chi connectivity index (χ2v) is 4.09. The van der Waals surface area contributed by atoms with Crippen LogP contribution in [-0.4, -0.2) is 24.1 Å². The van der Waals surface area contributed by atoms with Crippen LogP contribution in [0.2, 0.25) is 0 Å². The Bertz CT molecular complexity index is 628. The highest BCUT2D eigenvalue weighted by Crippen LogP contribution is 2.28. The molecule has 0 fully saturated rings. The monoisotopic (exact) mass is 290 g/mol. The Morgan fingerprint density at radius 2 is 1.90 bits per heavy atom. The fourth-order valence-corrected chi connectivity index (χ4v) is 1.69. The van der Waals surface area contributed by atoms with Crippen LogP contribution in [0.3, 0.4) is 0 Å². The van der Waals surface area contributed by atoms with Gasteiger partial charge in [0.1, 0.15) is 12.8 Å². The molecule has 7 nitrogen and oxygen atoms in total. The van der Waals surface area contributed by atoms with E-state index in [0.29, 0.717) is 17.4 Å². The summed E-state index contributed by atoms with van der Waals surface area (Å²) in [6, 6.07) is 8.22. The maximum atomic E-state index is 10.5. The van der Waals surface area contributed by atoms with Crippen LogP contribution >= 0.6 is 0 Å². The minimum atomic E-state index is -0.509. The number of methoxy groups -OCH3 is 2. The molecule has 0 bridgehead atoms. The molecule has 0 radical (unpaired) electrons. The number of nitro groups is 1. The second kappa shape index (κ2) is 6.56. The average molecular weight is 290 g/mol. The first kappa shape index (κ1) is 14.6. The lowest BCUT2D eigenvalue weighted by Gasteiger charge is -2.10. The van der Waals surface area contributed by atoms with Gasteiger partial charge < -0.3 is 14.2 Å². The van der Waals surface area contributed by atoms with Crippen LogP contribution in [0.4, 0.5) is 5.69 Å². The van der Waals surface area contributed by atoms with Gasteiger partial charge in [0.05, 0.1) is 19.1 Å². The van der Waals surface area contributed by atoms with E-state index in [2.05, 4.69) is 4.98 Å². The van der Waals surface area contributed by atoms with E-state index in [0.717, 1.165) is 11.8 Å². The van der Waals surface area contributed by atoms with Crippen molar-refractivity contribution in [2.24, 2.45) is 0 Å². The SMILES string of the molecule is COc1ccc(COc2ccc([N+](=O)[O-])cn2)cc1OC. The molecule has 21 heavy (non-hydrogen) atoms. The minimum Gasteiger partial charge on any atom is -0.493 e. The number of hydrogen-bond acceptors (Lipinski definition) is 6. The summed E-state index contributed by atoms with van der Waals surface area (Å²) in [4.78, 5) is 13.9. The fraction of sp³-hybridized carbons (Fsp3) is 0.214. The van der Waals surface area contributed by atoms with Crippen molar-refractivity contribution in [2.75, 3.05) is 14.2 Å². The number of aromatic nitrogens is 1. The standard InChI is InChI=1S/C14H14N2O5/c1-19-12-5-3-10(7-13(12)20-2)9-21-14-6-4-11(8-15-14)16(17)18/h3-8H,9H2,1-2H3. The van der Waals surface area contributed by atoms with Gasteiger partial charge in [-0.1, -0.05) is 6.07 Å². The summed E-state index contributed by atoms with van der Waals surface area (Å²) in [5, 5.41) is 10.5. The van der Waals surface area contributed by atoms with Crippen LogP contribution in [-0.2, 0) is 6.61 Å². The lowest BCUT2D eigenvalue weighted by atomic mass is 10.2. The van der Waals surface area contributed by atoms with E-state index in [9.17, 15) is 10.1 Å². The lowest BCUT2D eigenvalue weighted by Crippen LogP contribution is -1.99. The molecule has 0 spiro atoms. The highest BCUT2D eigenvalue weighted by Gasteiger charge is 2.07. The first-order chi connectivity index (χ1) is 10.1. The van der Waals surface area contributed by atoms with Gasteiger partial charge in [-0.15, -0.1) is 0 Å². The maximum Gasteiger partial charge on any atom is 0.287 e. The summed E-state index contributed by atoms with van der Waals surface area (Å²) >= 11 is 0. The molecule has 0 atom stereocenters. The summed E-state index contributed by atoms with van der Waals surface area (Å²) < 4.78 is 15.8. The smallest absolute Gasteiger partial charge is 0.287 e. The van der Waals surface area contributed by atoms with Crippen LogP contribution < -0.4 is 14.2 Å². The van der Waals surface area contributed by atoms with E-state index in [4.69, 9.17) is 14.2 Å². The molecular weight excluding hydrogens is 276 g/mol. The number of ether oxygens (including phenoxy) is 3. The maximum absolute atomic E-state index is 10.5. The molecule has 110 valence electrons. The van der Waals surface area contributed by atoms with Crippen LogP contribution in [0.5, 0.6) is 17.4 Å². The Kier molecular flexibility index (Phi) is 4.55. The largest absolute Gasteiger partial charge is 0.493 e. The fourth-order valence-electron chi connectivity index (χ4n) is 1.69. The third kappa shape index (κ3) is 3.59. The Balaban J connectivity index is 2.04. The zero-order valence-electron chi connectivity index (χ0n) is 11.6. The predicted molar refractivity (Wildman–Crippen MR) is 74.8 cm³/mol. The van der Waals surface area contributed by atoms with E-state index in [1.165, 1.54) is 12.1 Å². The number of hydrogen-bond donors (Lipinski definition) is 0. The van der Waals surface area contributed by atoms with Crippen molar-refractivity contribution in [3.63, 3.8) is 0 Å². The topological polar surface area (TPSA) is 83.7 Å². The third-order valence-electron chi connectivity index (χ3n) is 2.77. The van der Waals surface area contributed by atoms with Gasteiger partial charge in [0.15, 0.2) is 11.5 Å². The van der Waals surface area contributed by atoms with Gasteiger partial charge in [-0.25, -0.2) is 4.98 Å². The number of rotatable bonds is 6. The molecule has 0 unspecified atom stereocenters. The van der Waals surface area contributed by atoms with Crippen LogP contribution in [0.15, 0.2) is 36.5 Å². The summed E-state index contributed by atoms with van der Waals surface area (Å²) in [7, 11) is 3.12. The van der Waals surface area contributed by atoms with Crippen molar-refractivity contribution in [2.45, 2.75) is 6.61 Å². The highest BCUT2D eigenvalue weighted by molar-refractivity contribution is 5.42. The molecule has 1 heterocycles. The Morgan fingerprint density at radius 3 is 2.48 bits per heavy atom. The van der Waals surface area contributed by atoms with Crippen molar-refractivity contribution < 1.29 is 19.1 Å². The lowest BCUT2D eigenvalue weighted by molar-refractivity contribution is -0.385. The molecule has 0 aliphatic rings. The molecule has 2 aromatic rings. The summed E-state index contributed by atoms with van der Waals surface area (Å²) in [6.07, 6.45) is 1.16. The van der Waals surface area contributed by atoms with E-state index >= 15 is 0 Å². The first-order valence-corrected chi connectivity index (χ1v) is 6.08. The molecule has 2 rings (SSSR count). The summed E-state index contributed by atoms with van der Waals surface area (Å²) in [6.45, 7) is 0.269. The molecule has 0 amide bonds. The Hall–Kier alpha value is -2.83. The van der Waals surface area contributed by atoms with Crippen molar-refractivity contribution >= 4 is 5.69 Å². The van der Waals surface area contributed by atoms with Crippen LogP contribution in [0.25, 0.3) is 0 Å². The molecule has 0 N–H and O–H groups in total. The normalized spacial score (nSPS) is 10.0. The van der Waals surface area contributed by atoms with Crippen LogP contribution in [0.1, 0.15) is 5.56 Å². The number of benzene rings is 1. The van der Waals surface area contributed by atoms with Gasteiger partial charge in [-0.3, -0.25) is 10.1 Å². The Morgan fingerprint density at radius 1 is 1.14 bits per heavy atom. The molecule has 0 saturated carbocycles. The summed E-state index contributed by atoms with van der Waals surface area (Å²) in [5.74, 6) is 1.56. The van der Waals surface area contributed by atoms with E-state index < -0.39 is 4.92 Å². The van der Waals surface area contributed by atoms with Gasteiger partial charge in [-0.05, 0) is 17.7 Å². The molecular formula is C14H14N2O5. The second-order valence-electron chi connectivity index (χ2n) is 4.09. The molecule has 0 aliphatic carbocycles. The molecule has 1 aromatic heterocycles. The molecule has 0 aliphatic heterocycles. The van der Waals surface area contributed by atoms with E-state index in [1.807, 2.05) is 6.07 Å². The molecule has 0 saturated heterocycles. The van der Waals surface area contributed by atoms with E-state index in [1.54, 1.807) is 26.4 Å². The van der Waals surface area contributed by atoms with Crippen molar-refractivity contribution in [3.8, 4) is 17.4 Å². The van der Waals surface area contributed by atoms with Crippen molar-refractivity contribution in [1.82, 2.24) is 4.98 Å². The first-order valence-electron chi connectivity index (χ1n) is 6.08. The number of nitrogens with zero attached hydrogens (tertiary/aromatic N) is 2. The summed E-state index contributed by atoms with van der Waals surface area (Å²) in [5.41, 5.74) is 0.793. The van der Waals surface area contributed by atoms with Gasteiger partial charge in [0.25, 0.3) is 5.69 Å². The van der Waals surface area contributed by atoms with E-state index in [-0.39, 0.29) is 12.3 Å². The van der Waals surface area contributed by atoms with Crippen molar-refractivity contribution in [1.29, 1.82) is 0 Å². The van der Waals surface area contributed by atoms with Crippen LogP contribution in [0, 0.1) is 10.1 Å². The van der Waals surface area contributed by atoms with Gasteiger partial charge in [0, 0.05) is 12.1 Å². The number of pyridine rings is 1. The molecule has 7 heteroatoms. The zero-order chi connectivity index (χ0) is 15.2. The quantitative estimate of drug-likeness (QED) is 0.600. The highest BCUT2D eigenvalue weighted by atomic mass is 16.6. The zero-order valence-corrected chi connectivity index (χ0v) is 11.6. The van der Waals surface area contributed by atoms with Gasteiger partial charge >= 0.3 is 0 Å². The average Bonchev–Trinajstić information content (AvgIpc) is 2.52.